The van der Waals surface area contributed by atoms with E-state index in [0.29, 0.717) is 13.1 Å². The van der Waals surface area contributed by atoms with E-state index in [1.165, 1.54) is 10.9 Å². The molecule has 22 heavy (non-hydrogen) atoms. The van der Waals surface area contributed by atoms with Crippen molar-refractivity contribution in [2.45, 2.75) is 58.2 Å². The van der Waals surface area contributed by atoms with E-state index in [-0.39, 0.29) is 17.8 Å². The van der Waals surface area contributed by atoms with Crippen molar-refractivity contribution in [1.82, 2.24) is 19.9 Å². The average molecular weight is 310 g/mol. The van der Waals surface area contributed by atoms with Crippen LogP contribution in [0, 0.1) is 0 Å². The number of aromatic carboxylic acids is 1. The molecule has 1 aliphatic heterocycles. The highest BCUT2D eigenvalue weighted by atomic mass is 16.6. The number of amides is 1. The van der Waals surface area contributed by atoms with Gasteiger partial charge in [-0.3, -0.25) is 0 Å². The van der Waals surface area contributed by atoms with Crippen LogP contribution in [-0.4, -0.2) is 55.3 Å². The van der Waals surface area contributed by atoms with Crippen molar-refractivity contribution in [3.05, 3.63) is 11.9 Å². The molecule has 0 saturated carbocycles. The second-order valence-corrected chi connectivity index (χ2v) is 6.45. The molecule has 1 fully saturated rings. The Morgan fingerprint density at radius 1 is 1.41 bits per heavy atom. The van der Waals surface area contributed by atoms with Crippen LogP contribution in [0.2, 0.25) is 0 Å². The quantitative estimate of drug-likeness (QED) is 0.913. The summed E-state index contributed by atoms with van der Waals surface area (Å²) >= 11 is 0. The summed E-state index contributed by atoms with van der Waals surface area (Å²) in [6.07, 6.45) is 3.83. The number of hydrogen-bond donors (Lipinski definition) is 1. The first-order valence-electron chi connectivity index (χ1n) is 7.39. The van der Waals surface area contributed by atoms with Crippen LogP contribution in [0.25, 0.3) is 0 Å². The van der Waals surface area contributed by atoms with E-state index in [0.717, 1.165) is 19.3 Å². The summed E-state index contributed by atoms with van der Waals surface area (Å²) in [5, 5.41) is 16.3. The molecule has 0 unspecified atom stereocenters. The van der Waals surface area contributed by atoms with E-state index in [4.69, 9.17) is 9.84 Å². The molecule has 1 N–H and O–H groups in total. The fraction of sp³-hybridized carbons (Fsp3) is 0.714. The number of hydrogen-bond acceptors (Lipinski definition) is 5. The number of piperidine rings is 1. The molecule has 0 radical (unpaired) electrons. The lowest BCUT2D eigenvalue weighted by molar-refractivity contribution is 0.00730. The minimum atomic E-state index is -1.11. The highest BCUT2D eigenvalue weighted by molar-refractivity contribution is 5.84. The SMILES string of the molecule is CC(C)(C)OC(=O)N1CCCC[C@H]1Cn1cc(C(=O)O)nn1. The summed E-state index contributed by atoms with van der Waals surface area (Å²) in [7, 11) is 0. The molecular weight excluding hydrogens is 288 g/mol. The molecule has 0 aromatic carbocycles. The summed E-state index contributed by atoms with van der Waals surface area (Å²) in [5.74, 6) is -1.11. The largest absolute Gasteiger partial charge is 0.476 e. The normalized spacial score (nSPS) is 19.0. The van der Waals surface area contributed by atoms with Gasteiger partial charge in [0.2, 0.25) is 0 Å². The maximum absolute atomic E-state index is 12.3. The van der Waals surface area contributed by atoms with Gasteiger partial charge < -0.3 is 14.7 Å². The number of likely N-dealkylation sites (tertiary alicyclic amines) is 1. The van der Waals surface area contributed by atoms with Gasteiger partial charge in [-0.05, 0) is 40.0 Å². The van der Waals surface area contributed by atoms with Gasteiger partial charge in [0, 0.05) is 6.54 Å². The van der Waals surface area contributed by atoms with Crippen LogP contribution in [0.1, 0.15) is 50.5 Å². The van der Waals surface area contributed by atoms with Crippen molar-refractivity contribution in [3.8, 4) is 0 Å². The molecule has 1 atom stereocenters. The minimum Gasteiger partial charge on any atom is -0.476 e. The number of carbonyl (C=O) groups excluding carboxylic acids is 1. The van der Waals surface area contributed by atoms with Crippen LogP contribution in [0.5, 0.6) is 0 Å². The molecule has 8 nitrogen and oxygen atoms in total. The van der Waals surface area contributed by atoms with Crippen LogP contribution in [-0.2, 0) is 11.3 Å². The van der Waals surface area contributed by atoms with Gasteiger partial charge in [0.25, 0.3) is 0 Å². The highest BCUT2D eigenvalue weighted by Gasteiger charge is 2.31. The molecule has 8 heteroatoms. The zero-order valence-corrected chi connectivity index (χ0v) is 13.2. The zero-order chi connectivity index (χ0) is 16.3. The minimum absolute atomic E-state index is 0.0630. The Hall–Kier alpha value is -2.12. The van der Waals surface area contributed by atoms with Gasteiger partial charge in [-0.2, -0.15) is 0 Å². The Morgan fingerprint density at radius 3 is 2.73 bits per heavy atom. The van der Waals surface area contributed by atoms with Gasteiger partial charge in [-0.1, -0.05) is 5.21 Å². The van der Waals surface area contributed by atoms with Crippen LogP contribution in [0.4, 0.5) is 4.79 Å². The van der Waals surface area contributed by atoms with Gasteiger partial charge in [0.05, 0.1) is 18.8 Å². The Morgan fingerprint density at radius 2 is 2.14 bits per heavy atom. The first-order valence-corrected chi connectivity index (χ1v) is 7.39. The number of aromatic nitrogens is 3. The number of nitrogens with zero attached hydrogens (tertiary/aromatic N) is 4. The first-order chi connectivity index (χ1) is 10.3. The summed E-state index contributed by atoms with van der Waals surface area (Å²) in [6, 6.07) is -0.0630. The topological polar surface area (TPSA) is 97.5 Å². The maximum Gasteiger partial charge on any atom is 0.410 e. The van der Waals surface area contributed by atoms with Gasteiger partial charge in [0.15, 0.2) is 5.69 Å². The summed E-state index contributed by atoms with van der Waals surface area (Å²) in [5.41, 5.74) is -0.636. The lowest BCUT2D eigenvalue weighted by Gasteiger charge is -2.36. The van der Waals surface area contributed by atoms with Gasteiger partial charge in [-0.25, -0.2) is 14.3 Å². The van der Waals surface area contributed by atoms with Gasteiger partial charge in [-0.15, -0.1) is 5.10 Å². The predicted molar refractivity (Wildman–Crippen MR) is 77.6 cm³/mol. The molecule has 2 rings (SSSR count). The number of carbonyl (C=O) groups is 2. The molecule has 1 saturated heterocycles. The van der Waals surface area contributed by atoms with Crippen LogP contribution < -0.4 is 0 Å². The van der Waals surface area contributed by atoms with Crippen molar-refractivity contribution < 1.29 is 19.4 Å². The Balaban J connectivity index is 2.05. The molecular formula is C14H22N4O4. The fourth-order valence-corrected chi connectivity index (χ4v) is 2.45. The zero-order valence-electron chi connectivity index (χ0n) is 13.2. The van der Waals surface area contributed by atoms with Crippen molar-refractivity contribution >= 4 is 12.1 Å². The Kier molecular flexibility index (Phi) is 4.68. The maximum atomic E-state index is 12.3. The van der Waals surface area contributed by atoms with Crippen molar-refractivity contribution in [2.24, 2.45) is 0 Å². The second-order valence-electron chi connectivity index (χ2n) is 6.45. The molecule has 0 spiro atoms. The molecule has 0 aliphatic carbocycles. The van der Waals surface area contributed by atoms with E-state index in [2.05, 4.69) is 10.3 Å². The smallest absolute Gasteiger partial charge is 0.410 e. The molecule has 2 heterocycles. The van der Waals surface area contributed by atoms with E-state index >= 15 is 0 Å². The third-order valence-corrected chi connectivity index (χ3v) is 3.41. The lowest BCUT2D eigenvalue weighted by Crippen LogP contribution is -2.47. The van der Waals surface area contributed by atoms with E-state index < -0.39 is 11.6 Å². The first kappa shape index (κ1) is 16.3. The van der Waals surface area contributed by atoms with Crippen LogP contribution in [0.15, 0.2) is 6.20 Å². The summed E-state index contributed by atoms with van der Waals surface area (Å²) in [4.78, 5) is 24.8. The van der Waals surface area contributed by atoms with Crippen LogP contribution in [0.3, 0.4) is 0 Å². The van der Waals surface area contributed by atoms with E-state index in [1.54, 1.807) is 4.90 Å². The number of carboxylic acid groups (broad SMARTS) is 1. The molecule has 1 aromatic heterocycles. The van der Waals surface area contributed by atoms with E-state index in [1.807, 2.05) is 20.8 Å². The van der Waals surface area contributed by atoms with Gasteiger partial charge >= 0.3 is 12.1 Å². The number of rotatable bonds is 3. The molecule has 1 amide bonds. The average Bonchev–Trinajstić information content (AvgIpc) is 2.86. The number of ether oxygens (including phenoxy) is 1. The van der Waals surface area contributed by atoms with Crippen LogP contribution >= 0.6 is 0 Å². The second kappa shape index (κ2) is 6.33. The van der Waals surface area contributed by atoms with Crippen molar-refractivity contribution in [3.63, 3.8) is 0 Å². The number of carboxylic acids is 1. The molecule has 1 aliphatic rings. The predicted octanol–water partition coefficient (Wildman–Crippen LogP) is 1.77. The Bertz CT molecular complexity index is 549. The standard InChI is InChI=1S/C14H22N4O4/c1-14(2,3)22-13(21)18-7-5-4-6-10(18)8-17-9-11(12(19)20)15-16-17/h9-10H,4-8H2,1-3H3,(H,19,20)/t10-/m0/s1. The van der Waals surface area contributed by atoms with Gasteiger partial charge in [0.1, 0.15) is 5.60 Å². The molecule has 0 bridgehead atoms. The monoisotopic (exact) mass is 310 g/mol. The van der Waals surface area contributed by atoms with Crippen molar-refractivity contribution in [1.29, 1.82) is 0 Å². The molecule has 1 aromatic rings. The summed E-state index contributed by atoms with van der Waals surface area (Å²) < 4.78 is 6.91. The highest BCUT2D eigenvalue weighted by Crippen LogP contribution is 2.21. The molecule has 122 valence electrons. The third-order valence-electron chi connectivity index (χ3n) is 3.41. The van der Waals surface area contributed by atoms with E-state index in [9.17, 15) is 9.59 Å². The summed E-state index contributed by atoms with van der Waals surface area (Å²) in [6.45, 7) is 6.56. The lowest BCUT2D eigenvalue weighted by atomic mass is 10.0. The fourth-order valence-electron chi connectivity index (χ4n) is 2.45. The van der Waals surface area contributed by atoms with Crippen molar-refractivity contribution in [2.75, 3.05) is 6.54 Å². The third kappa shape index (κ3) is 4.19. The Labute approximate surface area is 129 Å².